The van der Waals surface area contributed by atoms with Crippen molar-refractivity contribution in [3.05, 3.63) is 46.0 Å². The highest BCUT2D eigenvalue weighted by atomic mass is 16.5. The van der Waals surface area contributed by atoms with Crippen LogP contribution < -0.4 is 10.3 Å². The third-order valence-corrected chi connectivity index (χ3v) is 6.22. The average molecular weight is 410 g/mol. The Hall–Kier alpha value is -2.78. The lowest BCUT2D eigenvalue weighted by Crippen LogP contribution is -2.42. The molecule has 2 aliphatic rings. The van der Waals surface area contributed by atoms with Crippen molar-refractivity contribution in [1.29, 1.82) is 0 Å². The summed E-state index contributed by atoms with van der Waals surface area (Å²) in [5, 5.41) is 13.7. The Labute approximate surface area is 174 Å². The molecule has 0 unspecified atom stereocenters. The van der Waals surface area contributed by atoms with E-state index in [1.807, 2.05) is 28.9 Å². The summed E-state index contributed by atoms with van der Waals surface area (Å²) in [6, 6.07) is 7.56. The zero-order chi connectivity index (χ0) is 20.5. The number of H-pyrrole nitrogens is 1. The van der Waals surface area contributed by atoms with Gasteiger partial charge in [-0.3, -0.25) is 9.69 Å². The molecule has 30 heavy (non-hydrogen) atoms. The van der Waals surface area contributed by atoms with Gasteiger partial charge in [-0.15, -0.1) is 5.10 Å². The molecule has 5 rings (SSSR count). The van der Waals surface area contributed by atoms with Gasteiger partial charge < -0.3 is 14.5 Å². The fourth-order valence-corrected chi connectivity index (χ4v) is 4.66. The minimum atomic E-state index is -0.330. The zero-order valence-electron chi connectivity index (χ0n) is 17.1. The molecule has 0 bridgehead atoms. The summed E-state index contributed by atoms with van der Waals surface area (Å²) in [6.45, 7) is 2.69. The van der Waals surface area contributed by atoms with Gasteiger partial charge in [-0.25, -0.2) is 4.68 Å². The number of morpholine rings is 1. The quantitative estimate of drug-likeness (QED) is 0.687. The van der Waals surface area contributed by atoms with Crippen LogP contribution in [0, 0.1) is 0 Å². The van der Waals surface area contributed by atoms with Gasteiger partial charge in [0.05, 0.1) is 26.4 Å². The Morgan fingerprint density at radius 1 is 1.20 bits per heavy atom. The number of hydrogen-bond acceptors (Lipinski definition) is 7. The van der Waals surface area contributed by atoms with E-state index >= 15 is 0 Å². The second-order valence-electron chi connectivity index (χ2n) is 7.98. The van der Waals surface area contributed by atoms with Crippen LogP contribution in [0.4, 0.5) is 0 Å². The van der Waals surface area contributed by atoms with Gasteiger partial charge in [0.15, 0.2) is 5.82 Å². The lowest BCUT2D eigenvalue weighted by molar-refractivity contribution is 0.0211. The molecule has 1 saturated heterocycles. The second kappa shape index (κ2) is 8.16. The van der Waals surface area contributed by atoms with Gasteiger partial charge >= 0.3 is 0 Å². The molecule has 2 fully saturated rings. The number of aromatic nitrogens is 5. The van der Waals surface area contributed by atoms with Crippen LogP contribution in [0.25, 0.3) is 10.9 Å². The molecule has 1 aliphatic carbocycles. The van der Waals surface area contributed by atoms with E-state index < -0.39 is 0 Å². The first kappa shape index (κ1) is 19.2. The Kier molecular flexibility index (Phi) is 5.22. The molecule has 9 nitrogen and oxygen atoms in total. The Balaban J connectivity index is 1.65. The molecule has 1 aromatic carbocycles. The first-order valence-corrected chi connectivity index (χ1v) is 10.5. The number of ether oxygens (including phenoxy) is 2. The molecular weight excluding hydrogens is 384 g/mol. The monoisotopic (exact) mass is 410 g/mol. The van der Waals surface area contributed by atoms with Crippen LogP contribution in [0.3, 0.4) is 0 Å². The lowest BCUT2D eigenvalue weighted by atomic mass is 10.0. The van der Waals surface area contributed by atoms with Crippen LogP contribution in [0.15, 0.2) is 29.1 Å². The van der Waals surface area contributed by atoms with Crippen molar-refractivity contribution >= 4 is 10.9 Å². The Morgan fingerprint density at radius 2 is 2.00 bits per heavy atom. The molecule has 0 amide bonds. The lowest BCUT2D eigenvalue weighted by Gasteiger charge is -2.34. The SMILES string of the molecule is COc1ccc2[nH]c(=O)c([C@@H](c3nnnn3C3CCCC3)N3CCOCC3)cc2c1. The summed E-state index contributed by atoms with van der Waals surface area (Å²) in [5.74, 6) is 1.48. The third-order valence-electron chi connectivity index (χ3n) is 6.22. The predicted octanol–water partition coefficient (Wildman–Crippen LogP) is 2.06. The Bertz CT molecular complexity index is 1080. The van der Waals surface area contributed by atoms with E-state index in [0.29, 0.717) is 18.8 Å². The van der Waals surface area contributed by atoms with E-state index in [0.717, 1.165) is 48.4 Å². The topological polar surface area (TPSA) is 98.2 Å². The number of fused-ring (bicyclic) bond motifs is 1. The van der Waals surface area contributed by atoms with Crippen molar-refractivity contribution in [2.45, 2.75) is 37.8 Å². The molecular formula is C21H26N6O3. The molecule has 3 aromatic rings. The standard InChI is InChI=1S/C21H26N6O3/c1-29-16-6-7-18-14(12-16)13-17(21(28)22-18)19(26-8-10-30-11-9-26)20-23-24-25-27(20)15-4-2-3-5-15/h6-7,12-13,15,19H,2-5,8-11H2,1H3,(H,22,28)/t19-/m0/s1. The highest BCUT2D eigenvalue weighted by Gasteiger charge is 2.33. The Morgan fingerprint density at radius 3 is 2.77 bits per heavy atom. The van der Waals surface area contributed by atoms with Crippen LogP contribution in [-0.4, -0.2) is 63.5 Å². The van der Waals surface area contributed by atoms with Crippen molar-refractivity contribution in [3.8, 4) is 5.75 Å². The highest BCUT2D eigenvalue weighted by molar-refractivity contribution is 5.80. The van der Waals surface area contributed by atoms with Crippen LogP contribution >= 0.6 is 0 Å². The normalized spacial score (nSPS) is 19.4. The van der Waals surface area contributed by atoms with Crippen molar-refractivity contribution in [3.63, 3.8) is 0 Å². The van der Waals surface area contributed by atoms with Crippen LogP contribution in [0.5, 0.6) is 5.75 Å². The van der Waals surface area contributed by atoms with Crippen molar-refractivity contribution < 1.29 is 9.47 Å². The van der Waals surface area contributed by atoms with E-state index in [-0.39, 0.29) is 17.6 Å². The van der Waals surface area contributed by atoms with Crippen molar-refractivity contribution in [2.24, 2.45) is 0 Å². The molecule has 1 N–H and O–H groups in total. The van der Waals surface area contributed by atoms with E-state index in [4.69, 9.17) is 9.47 Å². The van der Waals surface area contributed by atoms with E-state index in [1.54, 1.807) is 7.11 Å². The number of hydrogen-bond donors (Lipinski definition) is 1. The third kappa shape index (κ3) is 3.48. The van der Waals surface area contributed by atoms with E-state index in [1.165, 1.54) is 12.8 Å². The van der Waals surface area contributed by atoms with Gasteiger partial charge in [0.2, 0.25) is 0 Å². The van der Waals surface area contributed by atoms with E-state index in [9.17, 15) is 4.79 Å². The smallest absolute Gasteiger partial charge is 0.253 e. The molecule has 1 saturated carbocycles. The second-order valence-corrected chi connectivity index (χ2v) is 7.98. The maximum Gasteiger partial charge on any atom is 0.253 e. The molecule has 0 spiro atoms. The van der Waals surface area contributed by atoms with E-state index in [2.05, 4.69) is 25.4 Å². The number of aromatic amines is 1. The number of nitrogens with zero attached hydrogens (tertiary/aromatic N) is 5. The maximum atomic E-state index is 13.2. The number of tetrazole rings is 1. The number of nitrogens with one attached hydrogen (secondary N) is 1. The maximum absolute atomic E-state index is 13.2. The summed E-state index contributed by atoms with van der Waals surface area (Å²) < 4.78 is 12.9. The highest BCUT2D eigenvalue weighted by Crippen LogP contribution is 2.34. The molecule has 3 heterocycles. The first-order valence-electron chi connectivity index (χ1n) is 10.5. The van der Waals surface area contributed by atoms with Crippen LogP contribution in [0.1, 0.15) is 49.2 Å². The number of pyridine rings is 1. The van der Waals surface area contributed by atoms with Gasteiger partial charge in [0, 0.05) is 29.6 Å². The minimum Gasteiger partial charge on any atom is -0.497 e. The van der Waals surface area contributed by atoms with Crippen molar-refractivity contribution in [1.82, 2.24) is 30.1 Å². The molecule has 158 valence electrons. The molecule has 0 radical (unpaired) electrons. The van der Waals surface area contributed by atoms with Gasteiger partial charge in [0.25, 0.3) is 5.56 Å². The van der Waals surface area contributed by atoms with Crippen molar-refractivity contribution in [2.75, 3.05) is 33.4 Å². The first-order chi connectivity index (χ1) is 14.7. The van der Waals surface area contributed by atoms with Crippen LogP contribution in [-0.2, 0) is 4.74 Å². The molecule has 1 aliphatic heterocycles. The molecule has 9 heteroatoms. The molecule has 1 atom stereocenters. The summed E-state index contributed by atoms with van der Waals surface area (Å²) >= 11 is 0. The van der Waals surface area contributed by atoms with Gasteiger partial charge in [-0.1, -0.05) is 12.8 Å². The number of methoxy groups -OCH3 is 1. The minimum absolute atomic E-state index is 0.120. The fraction of sp³-hybridized carbons (Fsp3) is 0.524. The largest absolute Gasteiger partial charge is 0.497 e. The van der Waals surface area contributed by atoms with Gasteiger partial charge in [-0.2, -0.15) is 0 Å². The predicted molar refractivity (Wildman–Crippen MR) is 111 cm³/mol. The number of benzene rings is 1. The zero-order valence-corrected chi connectivity index (χ0v) is 17.1. The summed E-state index contributed by atoms with van der Waals surface area (Å²) in [6.07, 6.45) is 4.50. The fourth-order valence-electron chi connectivity index (χ4n) is 4.66. The summed E-state index contributed by atoms with van der Waals surface area (Å²) in [7, 11) is 1.64. The van der Waals surface area contributed by atoms with Gasteiger partial charge in [-0.05, 0) is 47.5 Å². The summed E-state index contributed by atoms with van der Waals surface area (Å²) in [5.41, 5.74) is 1.30. The molecule has 2 aromatic heterocycles. The van der Waals surface area contributed by atoms with Gasteiger partial charge in [0.1, 0.15) is 11.8 Å². The number of rotatable bonds is 5. The average Bonchev–Trinajstić information content (AvgIpc) is 3.47. The summed E-state index contributed by atoms with van der Waals surface area (Å²) in [4.78, 5) is 18.5. The van der Waals surface area contributed by atoms with Crippen LogP contribution in [0.2, 0.25) is 0 Å².